The molecule has 4 nitrogen and oxygen atoms in total. The Hall–Kier alpha value is -1.96. The molecule has 0 amide bonds. The van der Waals surface area contributed by atoms with Gasteiger partial charge in [0, 0.05) is 11.5 Å². The van der Waals surface area contributed by atoms with Crippen molar-refractivity contribution in [1.29, 1.82) is 0 Å². The van der Waals surface area contributed by atoms with Crippen molar-refractivity contribution in [3.8, 4) is 0 Å². The summed E-state index contributed by atoms with van der Waals surface area (Å²) in [5, 5.41) is 8.10. The Morgan fingerprint density at radius 2 is 2.00 bits per heavy atom. The van der Waals surface area contributed by atoms with Crippen LogP contribution >= 0.6 is 11.8 Å². The van der Waals surface area contributed by atoms with Crippen molar-refractivity contribution < 1.29 is 23.1 Å². The number of thioether (sulfide) groups is 1. The average molecular weight is 301 g/mol. The van der Waals surface area contributed by atoms with Crippen LogP contribution in [0.15, 0.2) is 22.0 Å². The summed E-state index contributed by atoms with van der Waals surface area (Å²) >= 11 is 0.884. The van der Waals surface area contributed by atoms with Gasteiger partial charge in [-0.15, -0.1) is 0 Å². The second-order valence-electron chi connectivity index (χ2n) is 4.19. The highest BCUT2D eigenvalue weighted by atomic mass is 32.2. The van der Waals surface area contributed by atoms with Crippen molar-refractivity contribution in [3.05, 3.63) is 39.6 Å². The molecule has 0 aliphatic carbocycles. The topological polar surface area (TPSA) is 59.3 Å². The van der Waals surface area contributed by atoms with Crippen LogP contribution in [0, 0.1) is 11.6 Å². The fourth-order valence-electron chi connectivity index (χ4n) is 2.20. The minimum Gasteiger partial charge on any atom is -0.477 e. The maximum atomic E-state index is 13.3. The Morgan fingerprint density at radius 3 is 2.60 bits per heavy atom. The van der Waals surface area contributed by atoms with Crippen molar-refractivity contribution in [3.63, 3.8) is 0 Å². The molecule has 1 atom stereocenters. The lowest BCUT2D eigenvalue weighted by molar-refractivity contribution is 0.0689. The number of hydrogen-bond acceptors (Lipinski definition) is 3. The van der Waals surface area contributed by atoms with Crippen LogP contribution in [0.1, 0.15) is 15.7 Å². The Morgan fingerprint density at radius 1 is 1.35 bits per heavy atom. The van der Waals surface area contributed by atoms with Gasteiger partial charge in [-0.25, -0.2) is 18.0 Å². The van der Waals surface area contributed by atoms with Gasteiger partial charge in [0.05, 0.1) is 10.5 Å². The van der Waals surface area contributed by atoms with Crippen molar-refractivity contribution in [2.24, 2.45) is 0 Å². The molecule has 0 radical (unpaired) electrons. The zero-order valence-electron chi connectivity index (χ0n) is 9.69. The van der Waals surface area contributed by atoms with Crippen molar-refractivity contribution in [1.82, 2.24) is 4.57 Å². The van der Waals surface area contributed by atoms with Crippen LogP contribution in [0.3, 0.4) is 0 Å². The molecule has 1 unspecified atom stereocenters. The third kappa shape index (κ3) is 1.57. The SMILES string of the molecule is O=C(O)c1c2n(c3cc(F)c(F)cc3c1=O)C(CF)S2. The maximum absolute atomic E-state index is 13.3. The first-order valence-corrected chi connectivity index (χ1v) is 6.36. The molecule has 8 heteroatoms. The lowest BCUT2D eigenvalue weighted by Crippen LogP contribution is -2.30. The summed E-state index contributed by atoms with van der Waals surface area (Å²) in [5.41, 5.74) is -1.45. The molecule has 104 valence electrons. The van der Waals surface area contributed by atoms with Gasteiger partial charge in [0.2, 0.25) is 5.43 Å². The van der Waals surface area contributed by atoms with E-state index in [0.717, 1.165) is 17.8 Å². The quantitative estimate of drug-likeness (QED) is 0.926. The van der Waals surface area contributed by atoms with Crippen LogP contribution in [0.4, 0.5) is 13.2 Å². The first-order chi connectivity index (χ1) is 9.45. The van der Waals surface area contributed by atoms with Gasteiger partial charge in [-0.2, -0.15) is 0 Å². The third-order valence-corrected chi connectivity index (χ3v) is 4.32. The van der Waals surface area contributed by atoms with E-state index < -0.39 is 40.6 Å². The van der Waals surface area contributed by atoms with E-state index in [1.54, 1.807) is 0 Å². The molecule has 1 N–H and O–H groups in total. The number of carbonyl (C=O) groups is 1. The lowest BCUT2D eigenvalue weighted by Gasteiger charge is -2.33. The summed E-state index contributed by atoms with van der Waals surface area (Å²) in [5.74, 6) is -3.91. The monoisotopic (exact) mass is 301 g/mol. The van der Waals surface area contributed by atoms with Gasteiger partial charge in [-0.3, -0.25) is 4.79 Å². The van der Waals surface area contributed by atoms with E-state index >= 15 is 0 Å². The Labute approximate surface area is 113 Å². The molecule has 2 aromatic rings. The summed E-state index contributed by atoms with van der Waals surface area (Å²) in [6.45, 7) is -0.812. The summed E-state index contributed by atoms with van der Waals surface area (Å²) in [7, 11) is 0. The zero-order chi connectivity index (χ0) is 14.6. The van der Waals surface area contributed by atoms with Crippen LogP contribution in [-0.4, -0.2) is 22.3 Å². The van der Waals surface area contributed by atoms with Crippen LogP contribution in [0.5, 0.6) is 0 Å². The summed E-state index contributed by atoms with van der Waals surface area (Å²) in [4.78, 5) is 23.2. The molecule has 3 rings (SSSR count). The molecule has 0 bridgehead atoms. The number of alkyl halides is 1. The molecule has 0 saturated carbocycles. The number of aromatic carboxylic acids is 1. The number of fused-ring (bicyclic) bond motifs is 3. The summed E-state index contributed by atoms with van der Waals surface area (Å²) in [6, 6.07) is 1.43. The molecule has 0 saturated heterocycles. The van der Waals surface area contributed by atoms with Gasteiger partial charge in [-0.1, -0.05) is 11.8 Å². The second kappa shape index (κ2) is 4.27. The molecule has 0 fully saturated rings. The highest BCUT2D eigenvalue weighted by Crippen LogP contribution is 2.46. The number of carboxylic acids is 1. The highest BCUT2D eigenvalue weighted by molar-refractivity contribution is 8.00. The van der Waals surface area contributed by atoms with Gasteiger partial charge in [0.15, 0.2) is 11.6 Å². The molecule has 20 heavy (non-hydrogen) atoms. The molecular formula is C12H6F3NO3S. The van der Waals surface area contributed by atoms with Gasteiger partial charge >= 0.3 is 5.97 Å². The first kappa shape index (κ1) is 13.0. The summed E-state index contributed by atoms with van der Waals surface area (Å²) < 4.78 is 40.6. The maximum Gasteiger partial charge on any atom is 0.342 e. The highest BCUT2D eigenvalue weighted by Gasteiger charge is 2.35. The van der Waals surface area contributed by atoms with E-state index in [-0.39, 0.29) is 15.9 Å². The molecule has 2 heterocycles. The Kier molecular flexibility index (Phi) is 2.79. The first-order valence-electron chi connectivity index (χ1n) is 5.49. The van der Waals surface area contributed by atoms with E-state index in [4.69, 9.17) is 5.11 Å². The number of hydrogen-bond donors (Lipinski definition) is 1. The van der Waals surface area contributed by atoms with Crippen molar-refractivity contribution in [2.45, 2.75) is 10.4 Å². The number of aromatic nitrogens is 1. The smallest absolute Gasteiger partial charge is 0.342 e. The average Bonchev–Trinajstić information content (AvgIpc) is 2.35. The Balaban J connectivity index is 2.49. The predicted molar refractivity (Wildman–Crippen MR) is 66.0 cm³/mol. The van der Waals surface area contributed by atoms with Crippen molar-refractivity contribution >= 4 is 28.6 Å². The van der Waals surface area contributed by atoms with E-state index in [1.807, 2.05) is 0 Å². The minimum atomic E-state index is -1.48. The second-order valence-corrected chi connectivity index (χ2v) is 5.36. The summed E-state index contributed by atoms with van der Waals surface area (Å²) in [6.07, 6.45) is 0. The number of rotatable bonds is 2. The molecule has 0 spiro atoms. The molecular weight excluding hydrogens is 295 g/mol. The van der Waals surface area contributed by atoms with Crippen LogP contribution in [0.2, 0.25) is 0 Å². The van der Waals surface area contributed by atoms with Gasteiger partial charge < -0.3 is 9.67 Å². The minimum absolute atomic E-state index is 0.00435. The van der Waals surface area contributed by atoms with Crippen LogP contribution in [0.25, 0.3) is 10.9 Å². The van der Waals surface area contributed by atoms with E-state index in [1.165, 1.54) is 4.57 Å². The number of benzene rings is 1. The normalized spacial score (nSPS) is 16.9. The standard InChI is InChI=1S/C12H6F3NO3S/c13-3-8-16-7-2-6(15)5(14)1-4(7)10(17)9(12(18)19)11(16)20-8/h1-2,8H,3H2,(H,18,19). The molecule has 1 aliphatic heterocycles. The zero-order valence-corrected chi connectivity index (χ0v) is 10.5. The largest absolute Gasteiger partial charge is 0.477 e. The van der Waals surface area contributed by atoms with E-state index in [0.29, 0.717) is 6.07 Å². The van der Waals surface area contributed by atoms with E-state index in [9.17, 15) is 22.8 Å². The van der Waals surface area contributed by atoms with Crippen LogP contribution < -0.4 is 5.43 Å². The van der Waals surface area contributed by atoms with Gasteiger partial charge in [0.1, 0.15) is 17.6 Å². The fraction of sp³-hybridized carbons (Fsp3) is 0.167. The third-order valence-electron chi connectivity index (χ3n) is 3.08. The number of carboxylic acid groups (broad SMARTS) is 1. The van der Waals surface area contributed by atoms with Gasteiger partial charge in [-0.05, 0) is 6.07 Å². The van der Waals surface area contributed by atoms with Crippen LogP contribution in [-0.2, 0) is 0 Å². The number of pyridine rings is 1. The molecule has 1 aromatic carbocycles. The lowest BCUT2D eigenvalue weighted by atomic mass is 10.1. The van der Waals surface area contributed by atoms with E-state index in [2.05, 4.69) is 0 Å². The van der Waals surface area contributed by atoms with Gasteiger partial charge in [0.25, 0.3) is 0 Å². The number of halogens is 3. The molecule has 1 aliphatic rings. The van der Waals surface area contributed by atoms with Crippen molar-refractivity contribution in [2.75, 3.05) is 6.67 Å². The molecule has 1 aromatic heterocycles. The Bertz CT molecular complexity index is 818. The fourth-order valence-corrected chi connectivity index (χ4v) is 3.32. The number of nitrogens with zero attached hydrogens (tertiary/aromatic N) is 1. The predicted octanol–water partition coefficient (Wildman–Crippen LogP) is 2.55.